The van der Waals surface area contributed by atoms with Crippen LogP contribution in [-0.4, -0.2) is 35.4 Å². The van der Waals surface area contributed by atoms with Crippen LogP contribution >= 0.6 is 0 Å². The summed E-state index contributed by atoms with van der Waals surface area (Å²) in [6.45, 7) is 5.38. The third-order valence-electron chi connectivity index (χ3n) is 4.64. The van der Waals surface area contributed by atoms with E-state index >= 15 is 0 Å². The molecule has 118 valence electrons. The van der Waals surface area contributed by atoms with E-state index in [2.05, 4.69) is 5.32 Å². The maximum atomic E-state index is 12.9. The molecule has 0 amide bonds. The van der Waals surface area contributed by atoms with Gasteiger partial charge in [-0.1, -0.05) is 0 Å². The van der Waals surface area contributed by atoms with Crippen LogP contribution in [0.25, 0.3) is 0 Å². The maximum Gasteiger partial charge on any atom is 0.245 e. The Bertz CT molecular complexity index is 629. The normalized spacial score (nSPS) is 22.8. The minimum Gasteiger partial charge on any atom is -0.352 e. The van der Waals surface area contributed by atoms with E-state index in [-0.39, 0.29) is 5.54 Å². The lowest BCUT2D eigenvalue weighted by molar-refractivity contribution is 0.291. The van der Waals surface area contributed by atoms with Crippen LogP contribution < -0.4 is 5.32 Å². The van der Waals surface area contributed by atoms with Crippen molar-refractivity contribution in [2.75, 3.05) is 6.54 Å². The van der Waals surface area contributed by atoms with Gasteiger partial charge in [-0.05, 0) is 45.6 Å². The van der Waals surface area contributed by atoms with Crippen LogP contribution in [0.5, 0.6) is 0 Å². The summed E-state index contributed by atoms with van der Waals surface area (Å²) in [5.41, 5.74) is 0.749. The highest BCUT2D eigenvalue weighted by atomic mass is 32.2. The predicted molar refractivity (Wildman–Crippen MR) is 82.5 cm³/mol. The first kappa shape index (κ1) is 15.1. The Kier molecular flexibility index (Phi) is 3.66. The van der Waals surface area contributed by atoms with Crippen LogP contribution in [0.2, 0.25) is 0 Å². The Hall–Kier alpha value is -0.850. The van der Waals surface area contributed by atoms with E-state index in [1.807, 2.05) is 31.5 Å². The molecule has 2 aliphatic rings. The standard InChI is InChI=1S/C15H25N3O2S/c1-15(2)7-4-8-18(15)21(19,20)14-9-13(17(3)11-14)10-16-12-5-6-12/h9,11-12,16H,4-8,10H2,1-3H3. The molecule has 0 unspecified atom stereocenters. The Labute approximate surface area is 127 Å². The Balaban J connectivity index is 1.83. The molecule has 0 spiro atoms. The number of hydrogen-bond acceptors (Lipinski definition) is 3. The van der Waals surface area contributed by atoms with Gasteiger partial charge < -0.3 is 9.88 Å². The fourth-order valence-corrected chi connectivity index (χ4v) is 5.03. The molecule has 0 bridgehead atoms. The zero-order chi connectivity index (χ0) is 15.3. The SMILES string of the molecule is Cn1cc(S(=O)(=O)N2CCCC2(C)C)cc1CNC1CC1. The third kappa shape index (κ3) is 2.89. The molecule has 1 N–H and O–H groups in total. The van der Waals surface area contributed by atoms with Crippen molar-refractivity contribution in [3.63, 3.8) is 0 Å². The van der Waals surface area contributed by atoms with Gasteiger partial charge in [0.05, 0.1) is 0 Å². The zero-order valence-electron chi connectivity index (χ0n) is 13.1. The predicted octanol–water partition coefficient (Wildman–Crippen LogP) is 1.84. The van der Waals surface area contributed by atoms with Gasteiger partial charge in [0.2, 0.25) is 10.0 Å². The van der Waals surface area contributed by atoms with Crippen molar-refractivity contribution < 1.29 is 8.42 Å². The van der Waals surface area contributed by atoms with Gasteiger partial charge in [-0.2, -0.15) is 4.31 Å². The maximum absolute atomic E-state index is 12.9. The van der Waals surface area contributed by atoms with E-state index < -0.39 is 10.0 Å². The van der Waals surface area contributed by atoms with E-state index in [1.54, 1.807) is 10.5 Å². The van der Waals surface area contributed by atoms with E-state index in [1.165, 1.54) is 12.8 Å². The summed E-state index contributed by atoms with van der Waals surface area (Å²) < 4.78 is 29.3. The fourth-order valence-electron chi connectivity index (χ4n) is 3.09. The summed E-state index contributed by atoms with van der Waals surface area (Å²) in [5, 5.41) is 3.44. The van der Waals surface area contributed by atoms with Gasteiger partial charge in [-0.25, -0.2) is 8.42 Å². The molecular weight excluding hydrogens is 286 g/mol. The highest BCUT2D eigenvalue weighted by molar-refractivity contribution is 7.89. The number of nitrogens with zero attached hydrogens (tertiary/aromatic N) is 2. The molecule has 2 fully saturated rings. The molecule has 6 heteroatoms. The smallest absolute Gasteiger partial charge is 0.245 e. The fraction of sp³-hybridized carbons (Fsp3) is 0.733. The van der Waals surface area contributed by atoms with Gasteiger partial charge in [-0.3, -0.25) is 0 Å². The summed E-state index contributed by atoms with van der Waals surface area (Å²) in [6, 6.07) is 2.44. The summed E-state index contributed by atoms with van der Waals surface area (Å²) in [4.78, 5) is 0.424. The highest BCUT2D eigenvalue weighted by Gasteiger charge is 2.41. The molecule has 3 rings (SSSR count). The first-order valence-electron chi connectivity index (χ1n) is 7.72. The molecule has 1 aliphatic heterocycles. The van der Waals surface area contributed by atoms with Gasteiger partial charge in [0.15, 0.2) is 0 Å². The molecule has 1 aliphatic carbocycles. The van der Waals surface area contributed by atoms with E-state index in [0.29, 0.717) is 17.5 Å². The van der Waals surface area contributed by atoms with E-state index in [0.717, 1.165) is 25.1 Å². The lowest BCUT2D eigenvalue weighted by atomic mass is 10.0. The van der Waals surface area contributed by atoms with Gasteiger partial charge >= 0.3 is 0 Å². The molecule has 1 saturated heterocycles. The number of nitrogens with one attached hydrogen (secondary N) is 1. The summed E-state index contributed by atoms with van der Waals surface area (Å²) >= 11 is 0. The highest BCUT2D eigenvalue weighted by Crippen LogP contribution is 2.34. The Morgan fingerprint density at radius 3 is 2.67 bits per heavy atom. The van der Waals surface area contributed by atoms with Crippen LogP contribution in [0.4, 0.5) is 0 Å². The van der Waals surface area contributed by atoms with Crippen molar-refractivity contribution in [2.24, 2.45) is 7.05 Å². The van der Waals surface area contributed by atoms with Gasteiger partial charge in [0.25, 0.3) is 0 Å². The lowest BCUT2D eigenvalue weighted by Gasteiger charge is -2.30. The molecule has 1 aromatic heterocycles. The molecule has 5 nitrogen and oxygen atoms in total. The van der Waals surface area contributed by atoms with Gasteiger partial charge in [0.1, 0.15) is 4.90 Å². The summed E-state index contributed by atoms with van der Waals surface area (Å²) in [5.74, 6) is 0. The molecular formula is C15H25N3O2S. The van der Waals surface area contributed by atoms with Crippen LogP contribution in [0.3, 0.4) is 0 Å². The zero-order valence-corrected chi connectivity index (χ0v) is 13.9. The number of aryl methyl sites for hydroxylation is 1. The number of aromatic nitrogens is 1. The Morgan fingerprint density at radius 2 is 2.10 bits per heavy atom. The minimum absolute atomic E-state index is 0.277. The average molecular weight is 311 g/mol. The molecule has 0 atom stereocenters. The first-order chi connectivity index (χ1) is 9.80. The monoisotopic (exact) mass is 311 g/mol. The molecule has 1 saturated carbocycles. The number of rotatable bonds is 5. The second-order valence-corrected chi connectivity index (χ2v) is 8.79. The van der Waals surface area contributed by atoms with Gasteiger partial charge in [0, 0.05) is 43.6 Å². The van der Waals surface area contributed by atoms with Crippen molar-refractivity contribution in [2.45, 2.75) is 62.6 Å². The summed E-state index contributed by atoms with van der Waals surface area (Å²) in [7, 11) is -1.47. The van der Waals surface area contributed by atoms with Crippen LogP contribution in [0.1, 0.15) is 45.2 Å². The molecule has 21 heavy (non-hydrogen) atoms. The van der Waals surface area contributed by atoms with Crippen LogP contribution in [0.15, 0.2) is 17.2 Å². The first-order valence-corrected chi connectivity index (χ1v) is 9.16. The molecule has 0 radical (unpaired) electrons. The topological polar surface area (TPSA) is 54.3 Å². The molecule has 1 aromatic rings. The van der Waals surface area contributed by atoms with E-state index in [9.17, 15) is 8.42 Å². The van der Waals surface area contributed by atoms with Crippen LogP contribution in [0, 0.1) is 0 Å². The quantitative estimate of drug-likeness (QED) is 0.903. The third-order valence-corrected chi connectivity index (χ3v) is 6.72. The number of sulfonamides is 1. The minimum atomic E-state index is -3.39. The molecule has 0 aromatic carbocycles. The van der Waals surface area contributed by atoms with Gasteiger partial charge in [-0.15, -0.1) is 0 Å². The van der Waals surface area contributed by atoms with Crippen LogP contribution in [-0.2, 0) is 23.6 Å². The van der Waals surface area contributed by atoms with Crippen molar-refractivity contribution in [1.82, 2.24) is 14.2 Å². The summed E-state index contributed by atoms with van der Waals surface area (Å²) in [6.07, 6.45) is 6.08. The van der Waals surface area contributed by atoms with Crippen molar-refractivity contribution >= 4 is 10.0 Å². The average Bonchev–Trinajstić information content (AvgIpc) is 3.04. The van der Waals surface area contributed by atoms with Crippen molar-refractivity contribution in [3.05, 3.63) is 18.0 Å². The Morgan fingerprint density at radius 1 is 1.38 bits per heavy atom. The number of hydrogen-bond donors (Lipinski definition) is 1. The second-order valence-electron chi connectivity index (χ2n) is 6.93. The van der Waals surface area contributed by atoms with Crippen molar-refractivity contribution in [1.29, 1.82) is 0 Å². The van der Waals surface area contributed by atoms with E-state index in [4.69, 9.17) is 0 Å². The molecule has 2 heterocycles. The van der Waals surface area contributed by atoms with Crippen molar-refractivity contribution in [3.8, 4) is 0 Å². The largest absolute Gasteiger partial charge is 0.352 e. The lowest BCUT2D eigenvalue weighted by Crippen LogP contribution is -2.42. The second kappa shape index (κ2) is 5.11.